The second kappa shape index (κ2) is 7.66. The average Bonchev–Trinajstić information content (AvgIpc) is 3.74. The normalized spacial score (nSPS) is 16.7. The highest BCUT2D eigenvalue weighted by Crippen LogP contribution is 2.59. The summed E-state index contributed by atoms with van der Waals surface area (Å²) in [6.45, 7) is 0. The van der Waals surface area contributed by atoms with Gasteiger partial charge in [-0.05, 0) is 25.7 Å². The molecule has 2 aliphatic rings. The van der Waals surface area contributed by atoms with Gasteiger partial charge in [0, 0.05) is 36.3 Å². The Hall–Kier alpha value is -4.69. The van der Waals surface area contributed by atoms with Crippen molar-refractivity contribution >= 4 is 40.2 Å². The zero-order valence-electron chi connectivity index (χ0n) is 19.5. The summed E-state index contributed by atoms with van der Waals surface area (Å²) in [5.74, 6) is -0.00629. The fraction of sp³-hybridized carbons (Fsp3) is 0.304. The molecule has 4 N–H and O–H groups in total. The standard InChI is InChI=1S/C23H19F3N10O2/c24-23(25,26)22(3-4-22)14-7-15(34-38-14)32-21(37)33-18-20-28-5-6-35(20)13(8-29-18)12-9-36(11-1-2-11)19-16(12)17(27)30-10-31-19/h5-11H,1-4H2,(H2,27,30,31)(H2,29,32,33,34,37). The lowest BCUT2D eigenvalue weighted by molar-refractivity contribution is -0.165. The number of imidazole rings is 1. The van der Waals surface area contributed by atoms with Crippen LogP contribution in [0.3, 0.4) is 0 Å². The Kier molecular flexibility index (Phi) is 4.54. The molecule has 38 heavy (non-hydrogen) atoms. The van der Waals surface area contributed by atoms with Crippen molar-refractivity contribution < 1.29 is 22.5 Å². The van der Waals surface area contributed by atoms with E-state index in [-0.39, 0.29) is 30.2 Å². The number of hydrogen-bond acceptors (Lipinski definition) is 8. The number of nitrogens with two attached hydrogens (primary N) is 1. The first-order chi connectivity index (χ1) is 18.2. The zero-order chi connectivity index (χ0) is 26.2. The second-order valence-corrected chi connectivity index (χ2v) is 9.49. The number of alkyl halides is 3. The summed E-state index contributed by atoms with van der Waals surface area (Å²) in [6, 6.07) is 0.665. The van der Waals surface area contributed by atoms with Crippen LogP contribution in [0.15, 0.2) is 41.7 Å². The van der Waals surface area contributed by atoms with Crippen LogP contribution in [0.4, 0.5) is 35.4 Å². The number of carbonyl (C=O) groups is 1. The molecule has 0 aromatic carbocycles. The van der Waals surface area contributed by atoms with Gasteiger partial charge in [-0.15, -0.1) is 0 Å². The Balaban J connectivity index is 1.18. The van der Waals surface area contributed by atoms with E-state index in [1.807, 2.05) is 6.20 Å². The van der Waals surface area contributed by atoms with E-state index in [0.717, 1.165) is 30.1 Å². The van der Waals surface area contributed by atoms with Gasteiger partial charge >= 0.3 is 12.2 Å². The van der Waals surface area contributed by atoms with E-state index in [1.165, 1.54) is 6.33 Å². The van der Waals surface area contributed by atoms with Crippen molar-refractivity contribution in [3.63, 3.8) is 0 Å². The molecule has 0 bridgehead atoms. The molecule has 0 spiro atoms. The number of nitrogen functional groups attached to an aromatic ring is 1. The maximum absolute atomic E-state index is 13.3. The minimum absolute atomic E-state index is 0.0808. The Morgan fingerprint density at radius 1 is 1.13 bits per heavy atom. The highest BCUT2D eigenvalue weighted by molar-refractivity contribution is 6.02. The predicted octanol–water partition coefficient (Wildman–Crippen LogP) is 4.28. The molecule has 5 heterocycles. The van der Waals surface area contributed by atoms with Gasteiger partial charge in [0.2, 0.25) is 0 Å². The number of hydrogen-bond donors (Lipinski definition) is 3. The highest BCUT2D eigenvalue weighted by atomic mass is 19.4. The molecular weight excluding hydrogens is 505 g/mol. The van der Waals surface area contributed by atoms with E-state index in [9.17, 15) is 18.0 Å². The summed E-state index contributed by atoms with van der Waals surface area (Å²) in [7, 11) is 0. The van der Waals surface area contributed by atoms with Crippen molar-refractivity contribution in [2.45, 2.75) is 43.3 Å². The minimum Gasteiger partial charge on any atom is -0.383 e. The third-order valence-corrected chi connectivity index (χ3v) is 7.03. The summed E-state index contributed by atoms with van der Waals surface area (Å²) in [4.78, 5) is 29.9. The number of rotatable bonds is 5. The van der Waals surface area contributed by atoms with E-state index >= 15 is 0 Å². The van der Waals surface area contributed by atoms with Gasteiger partial charge in [0.15, 0.2) is 23.0 Å². The molecule has 15 heteroatoms. The van der Waals surface area contributed by atoms with Gasteiger partial charge in [-0.1, -0.05) is 5.16 Å². The lowest BCUT2D eigenvalue weighted by Gasteiger charge is -2.14. The van der Waals surface area contributed by atoms with Crippen LogP contribution in [0, 0.1) is 0 Å². The molecule has 0 aliphatic heterocycles. The van der Waals surface area contributed by atoms with Crippen LogP contribution in [0.25, 0.3) is 27.9 Å². The predicted molar refractivity (Wildman–Crippen MR) is 128 cm³/mol. The van der Waals surface area contributed by atoms with Crippen molar-refractivity contribution in [3.8, 4) is 11.3 Å². The van der Waals surface area contributed by atoms with Crippen LogP contribution in [-0.4, -0.2) is 46.3 Å². The third-order valence-electron chi connectivity index (χ3n) is 7.03. The number of fused-ring (bicyclic) bond motifs is 2. The van der Waals surface area contributed by atoms with E-state index < -0.39 is 17.6 Å². The molecule has 2 saturated carbocycles. The number of amides is 2. The van der Waals surface area contributed by atoms with Gasteiger partial charge in [-0.3, -0.25) is 15.0 Å². The van der Waals surface area contributed by atoms with Gasteiger partial charge in [-0.2, -0.15) is 13.2 Å². The van der Waals surface area contributed by atoms with Crippen molar-refractivity contribution in [2.75, 3.05) is 16.4 Å². The van der Waals surface area contributed by atoms with Crippen molar-refractivity contribution in [3.05, 3.63) is 42.9 Å². The van der Waals surface area contributed by atoms with Crippen LogP contribution in [-0.2, 0) is 5.41 Å². The molecule has 2 aliphatic carbocycles. The average molecular weight is 524 g/mol. The molecule has 5 aromatic heterocycles. The summed E-state index contributed by atoms with van der Waals surface area (Å²) >= 11 is 0. The Morgan fingerprint density at radius 3 is 2.68 bits per heavy atom. The van der Waals surface area contributed by atoms with Crippen LogP contribution < -0.4 is 16.4 Å². The number of urea groups is 1. The maximum Gasteiger partial charge on any atom is 0.401 e. The van der Waals surface area contributed by atoms with Crippen LogP contribution in [0.1, 0.15) is 37.5 Å². The summed E-state index contributed by atoms with van der Waals surface area (Å²) in [5, 5.41) is 9.22. The number of aromatic nitrogens is 7. The van der Waals surface area contributed by atoms with Gasteiger partial charge in [-0.25, -0.2) is 24.7 Å². The first-order valence-corrected chi connectivity index (χ1v) is 11.8. The number of nitrogens with one attached hydrogen (secondary N) is 2. The van der Waals surface area contributed by atoms with E-state index in [0.29, 0.717) is 28.6 Å². The molecule has 0 unspecified atom stereocenters. The maximum atomic E-state index is 13.3. The number of carbonyl (C=O) groups excluding carboxylic acids is 1. The fourth-order valence-electron chi connectivity index (χ4n) is 4.75. The smallest absolute Gasteiger partial charge is 0.383 e. The Labute approximate surface area is 211 Å². The molecule has 12 nitrogen and oxygen atoms in total. The summed E-state index contributed by atoms with van der Waals surface area (Å²) < 4.78 is 48.8. The molecule has 194 valence electrons. The Bertz CT molecular complexity index is 1730. The van der Waals surface area contributed by atoms with Crippen molar-refractivity contribution in [2.24, 2.45) is 0 Å². The van der Waals surface area contributed by atoms with Crippen molar-refractivity contribution in [1.82, 2.24) is 34.1 Å². The largest absolute Gasteiger partial charge is 0.401 e. The summed E-state index contributed by atoms with van der Waals surface area (Å²) in [5.41, 5.74) is 6.69. The first-order valence-electron chi connectivity index (χ1n) is 11.8. The zero-order valence-corrected chi connectivity index (χ0v) is 19.5. The quantitative estimate of drug-likeness (QED) is 0.308. The molecule has 2 fully saturated rings. The highest BCUT2D eigenvalue weighted by Gasteiger charge is 2.66. The number of nitrogens with zero attached hydrogens (tertiary/aromatic N) is 7. The van der Waals surface area contributed by atoms with E-state index in [1.54, 1.807) is 23.0 Å². The first kappa shape index (κ1) is 22.5. The van der Waals surface area contributed by atoms with Gasteiger partial charge in [0.1, 0.15) is 23.2 Å². The van der Waals surface area contributed by atoms with E-state index in [2.05, 4.69) is 40.3 Å². The van der Waals surface area contributed by atoms with Crippen LogP contribution in [0.2, 0.25) is 0 Å². The molecule has 0 atom stereocenters. The Morgan fingerprint density at radius 2 is 1.95 bits per heavy atom. The van der Waals surface area contributed by atoms with Gasteiger partial charge < -0.3 is 14.8 Å². The molecule has 0 saturated heterocycles. The molecular formula is C23H19F3N10O2. The fourth-order valence-corrected chi connectivity index (χ4v) is 4.75. The SMILES string of the molecule is Nc1ncnc2c1c(-c1cnc(NC(=O)Nc3cc(C4(C(F)(F)F)CC4)on3)c3nccn13)cn2C1CC1. The van der Waals surface area contributed by atoms with Gasteiger partial charge in [0.05, 0.1) is 17.3 Å². The third kappa shape index (κ3) is 3.38. The molecule has 7 rings (SSSR count). The van der Waals surface area contributed by atoms with Crippen LogP contribution >= 0.6 is 0 Å². The summed E-state index contributed by atoms with van der Waals surface area (Å²) in [6.07, 6.45) is 5.73. The lowest BCUT2D eigenvalue weighted by Crippen LogP contribution is -2.28. The molecule has 0 radical (unpaired) electrons. The monoisotopic (exact) mass is 524 g/mol. The van der Waals surface area contributed by atoms with Crippen LogP contribution in [0.5, 0.6) is 0 Å². The molecule has 2 amide bonds. The van der Waals surface area contributed by atoms with Crippen molar-refractivity contribution in [1.29, 1.82) is 0 Å². The minimum atomic E-state index is -4.45. The number of halogens is 3. The van der Waals surface area contributed by atoms with Gasteiger partial charge in [0.25, 0.3) is 0 Å². The lowest BCUT2D eigenvalue weighted by atomic mass is 10.0. The van der Waals surface area contributed by atoms with E-state index in [4.69, 9.17) is 10.3 Å². The topological polar surface area (TPSA) is 154 Å². The second-order valence-electron chi connectivity index (χ2n) is 9.49. The molecule has 5 aromatic rings. The number of anilines is 3.